The van der Waals surface area contributed by atoms with Crippen LogP contribution in [0.5, 0.6) is 0 Å². The number of benzene rings is 1. The molecule has 0 saturated heterocycles. The van der Waals surface area contributed by atoms with Crippen LogP contribution < -0.4 is 4.90 Å². The second kappa shape index (κ2) is 5.17. The molecule has 1 aromatic rings. The van der Waals surface area contributed by atoms with Crippen LogP contribution in [0.25, 0.3) is 0 Å². The van der Waals surface area contributed by atoms with Crippen LogP contribution in [0.15, 0.2) is 65.3 Å². The van der Waals surface area contributed by atoms with Crippen LogP contribution >= 0.6 is 0 Å². The molecule has 3 nitrogen and oxygen atoms in total. The van der Waals surface area contributed by atoms with Gasteiger partial charge in [-0.25, -0.2) is 4.90 Å². The van der Waals surface area contributed by atoms with Crippen molar-refractivity contribution in [2.45, 2.75) is 20.3 Å². The summed E-state index contributed by atoms with van der Waals surface area (Å²) < 4.78 is 0. The molecule has 21 heavy (non-hydrogen) atoms. The van der Waals surface area contributed by atoms with E-state index in [1.54, 1.807) is 12.1 Å². The minimum Gasteiger partial charge on any atom is -0.269 e. The molecule has 3 aliphatic rings. The molecule has 1 unspecified atom stereocenters. The van der Waals surface area contributed by atoms with E-state index in [0.29, 0.717) is 23.3 Å². The van der Waals surface area contributed by atoms with E-state index in [1.165, 1.54) is 4.90 Å². The molecule has 2 amide bonds. The van der Waals surface area contributed by atoms with Gasteiger partial charge in [-0.3, -0.25) is 9.59 Å². The van der Waals surface area contributed by atoms with Crippen molar-refractivity contribution in [1.82, 2.24) is 0 Å². The van der Waals surface area contributed by atoms with Crippen molar-refractivity contribution in [3.05, 3.63) is 65.3 Å². The molecule has 1 atom stereocenters. The van der Waals surface area contributed by atoms with E-state index in [-0.39, 0.29) is 17.7 Å². The Bertz CT molecular complexity index is 695. The summed E-state index contributed by atoms with van der Waals surface area (Å²) in [6.07, 6.45) is 6.56. The van der Waals surface area contributed by atoms with E-state index in [4.69, 9.17) is 0 Å². The Labute approximate surface area is 124 Å². The Balaban J connectivity index is 0.000000636. The third-order valence-corrected chi connectivity index (χ3v) is 3.79. The van der Waals surface area contributed by atoms with Gasteiger partial charge in [0.25, 0.3) is 11.8 Å². The first-order chi connectivity index (χ1) is 10.3. The summed E-state index contributed by atoms with van der Waals surface area (Å²) in [7, 11) is 0. The highest BCUT2D eigenvalue weighted by molar-refractivity contribution is 6.33. The van der Waals surface area contributed by atoms with E-state index < -0.39 is 0 Å². The zero-order chi connectivity index (χ0) is 15.0. The zero-order valence-electron chi connectivity index (χ0n) is 12.2. The lowest BCUT2D eigenvalue weighted by Gasteiger charge is -2.15. The van der Waals surface area contributed by atoms with Gasteiger partial charge >= 0.3 is 0 Å². The van der Waals surface area contributed by atoms with Gasteiger partial charge in [0.2, 0.25) is 0 Å². The molecule has 0 saturated carbocycles. The summed E-state index contributed by atoms with van der Waals surface area (Å²) in [4.78, 5) is 26.3. The molecule has 3 heteroatoms. The molecule has 0 aromatic heterocycles. The van der Waals surface area contributed by atoms with Gasteiger partial charge in [0.15, 0.2) is 0 Å². The number of anilines is 1. The fraction of sp³-hybridized carbons (Fsp3) is 0.222. The summed E-state index contributed by atoms with van der Waals surface area (Å²) in [5, 5.41) is 0. The minimum atomic E-state index is -0.169. The number of imide groups is 1. The van der Waals surface area contributed by atoms with E-state index in [0.717, 1.165) is 5.57 Å². The predicted octanol–water partition coefficient (Wildman–Crippen LogP) is 3.40. The molecular formula is C18H17NO2. The third kappa shape index (κ3) is 2.05. The molecule has 0 bridgehead atoms. The molecule has 106 valence electrons. The maximum absolute atomic E-state index is 12.5. The summed E-state index contributed by atoms with van der Waals surface area (Å²) >= 11 is 0. The number of fused-ring (bicyclic) bond motifs is 2. The fourth-order valence-electron chi connectivity index (χ4n) is 2.79. The highest BCUT2D eigenvalue weighted by atomic mass is 16.2. The molecule has 1 heterocycles. The van der Waals surface area contributed by atoms with Crippen LogP contribution in [0.1, 0.15) is 20.3 Å². The maximum Gasteiger partial charge on any atom is 0.262 e. The Kier molecular flexibility index (Phi) is 3.34. The first kappa shape index (κ1) is 13.6. The molecule has 2 aliphatic carbocycles. The molecule has 0 spiro atoms. The van der Waals surface area contributed by atoms with Crippen molar-refractivity contribution < 1.29 is 9.59 Å². The first-order valence-corrected chi connectivity index (χ1v) is 7.32. The van der Waals surface area contributed by atoms with Crippen molar-refractivity contribution in [3.63, 3.8) is 0 Å². The lowest BCUT2D eigenvalue weighted by Crippen LogP contribution is -2.32. The Hall–Kier alpha value is -2.42. The normalized spacial score (nSPS) is 22.1. The fourth-order valence-corrected chi connectivity index (χ4v) is 2.79. The van der Waals surface area contributed by atoms with Crippen molar-refractivity contribution >= 4 is 17.5 Å². The van der Waals surface area contributed by atoms with Crippen molar-refractivity contribution in [2.24, 2.45) is 5.92 Å². The van der Waals surface area contributed by atoms with Gasteiger partial charge in [-0.05, 0) is 24.1 Å². The number of amides is 2. The molecule has 1 aromatic carbocycles. The van der Waals surface area contributed by atoms with Crippen molar-refractivity contribution in [2.75, 3.05) is 4.90 Å². The molecule has 0 radical (unpaired) electrons. The molecule has 1 aliphatic heterocycles. The summed E-state index contributed by atoms with van der Waals surface area (Å²) in [6, 6.07) is 9.12. The molecule has 4 rings (SSSR count). The number of rotatable bonds is 1. The quantitative estimate of drug-likeness (QED) is 0.739. The number of allylic oxidation sites excluding steroid dienone is 4. The van der Waals surface area contributed by atoms with E-state index >= 15 is 0 Å². The predicted molar refractivity (Wildman–Crippen MR) is 82.6 cm³/mol. The van der Waals surface area contributed by atoms with Crippen molar-refractivity contribution in [3.8, 4) is 0 Å². The van der Waals surface area contributed by atoms with E-state index in [9.17, 15) is 9.59 Å². The maximum atomic E-state index is 12.5. The highest BCUT2D eigenvalue weighted by Gasteiger charge is 2.45. The number of hydrogen-bond donors (Lipinski definition) is 0. The Morgan fingerprint density at radius 2 is 1.76 bits per heavy atom. The lowest BCUT2D eigenvalue weighted by molar-refractivity contribution is -0.120. The average molecular weight is 279 g/mol. The van der Waals surface area contributed by atoms with Gasteiger partial charge in [0, 0.05) is 17.1 Å². The van der Waals surface area contributed by atoms with Crippen LogP contribution in [-0.2, 0) is 9.59 Å². The monoisotopic (exact) mass is 279 g/mol. The second-order valence-electron chi connectivity index (χ2n) is 4.92. The number of carbonyl (C=O) groups is 2. The molecule has 0 N–H and O–H groups in total. The number of para-hydroxylation sites is 1. The van der Waals surface area contributed by atoms with E-state index in [2.05, 4.69) is 0 Å². The van der Waals surface area contributed by atoms with Crippen LogP contribution in [-0.4, -0.2) is 11.8 Å². The van der Waals surface area contributed by atoms with Crippen LogP contribution in [0.3, 0.4) is 0 Å². The van der Waals surface area contributed by atoms with Crippen LogP contribution in [0, 0.1) is 5.92 Å². The standard InChI is InChI=1S/C16H11NO2.C2H6/c18-15-12-8-4-5-10-9-13(10)14(12)16(19)17(15)11-6-2-1-3-7-11;1-2/h1-7,9,13H,8H2;1-2H3. The largest absolute Gasteiger partial charge is 0.269 e. The highest BCUT2D eigenvalue weighted by Crippen LogP contribution is 2.45. The number of hydrogen-bond acceptors (Lipinski definition) is 2. The SMILES string of the molecule is CC.O=C1C2=C(C(=O)N1c1ccccc1)C1C=C1C=CC2. The van der Waals surface area contributed by atoms with Gasteiger partial charge in [0.1, 0.15) is 0 Å². The van der Waals surface area contributed by atoms with Gasteiger partial charge in [0.05, 0.1) is 5.69 Å². The summed E-state index contributed by atoms with van der Waals surface area (Å²) in [6.45, 7) is 4.00. The lowest BCUT2D eigenvalue weighted by atomic mass is 10.0. The van der Waals surface area contributed by atoms with E-state index in [1.807, 2.05) is 50.3 Å². The van der Waals surface area contributed by atoms with Gasteiger partial charge < -0.3 is 0 Å². The smallest absolute Gasteiger partial charge is 0.262 e. The van der Waals surface area contributed by atoms with Crippen LogP contribution in [0.4, 0.5) is 5.69 Å². The third-order valence-electron chi connectivity index (χ3n) is 3.79. The summed E-state index contributed by atoms with van der Waals surface area (Å²) in [5.74, 6) is -0.262. The first-order valence-electron chi connectivity index (χ1n) is 7.32. The van der Waals surface area contributed by atoms with Gasteiger partial charge in [-0.1, -0.05) is 50.3 Å². The number of carbonyl (C=O) groups excluding carboxylic acids is 2. The van der Waals surface area contributed by atoms with Crippen LogP contribution in [0.2, 0.25) is 0 Å². The van der Waals surface area contributed by atoms with Crippen molar-refractivity contribution in [1.29, 1.82) is 0 Å². The van der Waals surface area contributed by atoms with Gasteiger partial charge in [-0.2, -0.15) is 0 Å². The zero-order valence-corrected chi connectivity index (χ0v) is 12.2. The number of nitrogens with zero attached hydrogens (tertiary/aromatic N) is 1. The summed E-state index contributed by atoms with van der Waals surface area (Å²) in [5.41, 5.74) is 3.13. The average Bonchev–Trinajstić information content (AvgIpc) is 3.24. The minimum absolute atomic E-state index is 0.0684. The molecular weight excluding hydrogens is 262 g/mol. The molecule has 0 fully saturated rings. The Morgan fingerprint density at radius 3 is 2.48 bits per heavy atom. The Morgan fingerprint density at radius 1 is 1.05 bits per heavy atom. The van der Waals surface area contributed by atoms with Gasteiger partial charge in [-0.15, -0.1) is 0 Å². The second-order valence-corrected chi connectivity index (χ2v) is 4.92. The topological polar surface area (TPSA) is 37.4 Å².